The van der Waals surface area contributed by atoms with Crippen molar-refractivity contribution in [2.24, 2.45) is 5.92 Å². The molecule has 0 radical (unpaired) electrons. The zero-order valence-electron chi connectivity index (χ0n) is 13.6. The zero-order chi connectivity index (χ0) is 16.8. The molecule has 0 fully saturated rings. The van der Waals surface area contributed by atoms with E-state index < -0.39 is 12.0 Å². The Morgan fingerprint density at radius 2 is 1.83 bits per heavy atom. The second-order valence-corrected chi connectivity index (χ2v) is 5.92. The van der Waals surface area contributed by atoms with E-state index in [4.69, 9.17) is 0 Å². The van der Waals surface area contributed by atoms with E-state index in [-0.39, 0.29) is 18.2 Å². The van der Waals surface area contributed by atoms with E-state index in [1.807, 2.05) is 56.3 Å². The Hall–Kier alpha value is -2.36. The lowest BCUT2D eigenvalue weighted by atomic mass is 9.95. The molecule has 0 heterocycles. The van der Waals surface area contributed by atoms with Gasteiger partial charge in [0.2, 0.25) is 5.91 Å². The normalized spacial score (nSPS) is 13.5. The van der Waals surface area contributed by atoms with E-state index >= 15 is 0 Å². The molecule has 0 bridgehead atoms. The number of rotatable bonds is 7. The van der Waals surface area contributed by atoms with Crippen LogP contribution in [0.1, 0.15) is 44.7 Å². The van der Waals surface area contributed by atoms with E-state index in [0.29, 0.717) is 0 Å². The number of carboxylic acid groups (broad SMARTS) is 1. The van der Waals surface area contributed by atoms with Gasteiger partial charge in [-0.1, -0.05) is 62.7 Å². The summed E-state index contributed by atoms with van der Waals surface area (Å²) in [5.41, 5.74) is 0.850. The van der Waals surface area contributed by atoms with Gasteiger partial charge in [-0.05, 0) is 22.8 Å². The Morgan fingerprint density at radius 1 is 1.13 bits per heavy atom. The molecule has 0 aliphatic rings. The van der Waals surface area contributed by atoms with Crippen molar-refractivity contribution in [1.29, 1.82) is 0 Å². The first-order chi connectivity index (χ1) is 11.0. The third-order valence-corrected chi connectivity index (χ3v) is 4.06. The highest BCUT2D eigenvalue weighted by Crippen LogP contribution is 2.27. The van der Waals surface area contributed by atoms with Gasteiger partial charge >= 0.3 is 5.97 Å². The van der Waals surface area contributed by atoms with Crippen LogP contribution < -0.4 is 5.32 Å². The van der Waals surface area contributed by atoms with Gasteiger partial charge in [-0.2, -0.15) is 0 Å². The van der Waals surface area contributed by atoms with E-state index in [0.717, 1.165) is 29.2 Å². The first-order valence-corrected chi connectivity index (χ1v) is 8.02. The predicted molar refractivity (Wildman–Crippen MR) is 91.2 cm³/mol. The van der Waals surface area contributed by atoms with Crippen LogP contribution >= 0.6 is 0 Å². The molecule has 2 atom stereocenters. The molecule has 2 aromatic rings. The van der Waals surface area contributed by atoms with E-state index in [1.54, 1.807) is 0 Å². The second-order valence-electron chi connectivity index (χ2n) is 5.92. The maximum atomic E-state index is 12.3. The smallest absolute Gasteiger partial charge is 0.305 e. The summed E-state index contributed by atoms with van der Waals surface area (Å²) in [7, 11) is 0. The topological polar surface area (TPSA) is 66.4 Å². The number of nitrogens with one attached hydrogen (secondary N) is 1. The zero-order valence-corrected chi connectivity index (χ0v) is 13.6. The molecule has 0 aromatic heterocycles. The number of fused-ring (bicyclic) bond motifs is 1. The molecule has 2 N–H and O–H groups in total. The minimum atomic E-state index is -0.925. The van der Waals surface area contributed by atoms with Crippen LogP contribution in [-0.2, 0) is 9.59 Å². The van der Waals surface area contributed by atoms with Crippen molar-refractivity contribution in [1.82, 2.24) is 5.32 Å². The van der Waals surface area contributed by atoms with Crippen LogP contribution in [0.15, 0.2) is 42.5 Å². The van der Waals surface area contributed by atoms with Gasteiger partial charge in [-0.3, -0.25) is 9.59 Å². The third-order valence-electron chi connectivity index (χ3n) is 4.06. The SMILES string of the molecule is CCCC(C)C(=O)N[C@H](CC(=O)O)c1cccc2ccccc12. The monoisotopic (exact) mass is 313 g/mol. The fourth-order valence-corrected chi connectivity index (χ4v) is 2.85. The molecular weight excluding hydrogens is 290 g/mol. The van der Waals surface area contributed by atoms with Crippen molar-refractivity contribution in [3.05, 3.63) is 48.0 Å². The summed E-state index contributed by atoms with van der Waals surface area (Å²) in [6, 6.07) is 13.1. The maximum Gasteiger partial charge on any atom is 0.305 e. The molecule has 0 aliphatic carbocycles. The van der Waals surface area contributed by atoms with E-state index in [2.05, 4.69) is 5.32 Å². The summed E-state index contributed by atoms with van der Waals surface area (Å²) in [5.74, 6) is -1.14. The molecule has 23 heavy (non-hydrogen) atoms. The number of hydrogen-bond donors (Lipinski definition) is 2. The third kappa shape index (κ3) is 4.31. The average molecular weight is 313 g/mol. The van der Waals surface area contributed by atoms with Gasteiger partial charge in [-0.25, -0.2) is 0 Å². The molecule has 1 amide bonds. The van der Waals surface area contributed by atoms with E-state index in [1.165, 1.54) is 0 Å². The molecule has 2 rings (SSSR count). The van der Waals surface area contributed by atoms with Crippen molar-refractivity contribution >= 4 is 22.6 Å². The van der Waals surface area contributed by atoms with Gasteiger partial charge in [0.05, 0.1) is 12.5 Å². The quantitative estimate of drug-likeness (QED) is 0.814. The summed E-state index contributed by atoms with van der Waals surface area (Å²) in [4.78, 5) is 23.6. The Bertz CT molecular complexity index is 691. The number of carbonyl (C=O) groups is 2. The molecule has 4 nitrogen and oxygen atoms in total. The number of benzene rings is 2. The van der Waals surface area contributed by atoms with Gasteiger partial charge in [0.25, 0.3) is 0 Å². The maximum absolute atomic E-state index is 12.3. The minimum Gasteiger partial charge on any atom is -0.481 e. The molecule has 0 aliphatic heterocycles. The fourth-order valence-electron chi connectivity index (χ4n) is 2.85. The number of hydrogen-bond acceptors (Lipinski definition) is 2. The Labute approximate surface area is 136 Å². The summed E-state index contributed by atoms with van der Waals surface area (Å²) >= 11 is 0. The van der Waals surface area contributed by atoms with Crippen LogP contribution in [0.25, 0.3) is 10.8 Å². The van der Waals surface area contributed by atoms with Crippen LogP contribution in [0.2, 0.25) is 0 Å². The lowest BCUT2D eigenvalue weighted by Gasteiger charge is -2.21. The van der Waals surface area contributed by atoms with E-state index in [9.17, 15) is 14.7 Å². The highest BCUT2D eigenvalue weighted by Gasteiger charge is 2.22. The van der Waals surface area contributed by atoms with Gasteiger partial charge in [-0.15, -0.1) is 0 Å². The number of carbonyl (C=O) groups excluding carboxylic acids is 1. The Balaban J connectivity index is 2.34. The number of carboxylic acids is 1. The predicted octanol–water partition coefficient (Wildman–Crippen LogP) is 3.91. The van der Waals surface area contributed by atoms with Crippen molar-refractivity contribution < 1.29 is 14.7 Å². The van der Waals surface area contributed by atoms with Crippen LogP contribution in [0.5, 0.6) is 0 Å². The van der Waals surface area contributed by atoms with Crippen LogP contribution in [-0.4, -0.2) is 17.0 Å². The standard InChI is InChI=1S/C19H23NO3/c1-3-7-13(2)19(23)20-17(12-18(21)22)16-11-6-9-14-8-4-5-10-15(14)16/h4-6,8-11,13,17H,3,7,12H2,1-2H3,(H,20,23)(H,21,22)/t13?,17-/m1/s1. The van der Waals surface area contributed by atoms with Gasteiger partial charge in [0.15, 0.2) is 0 Å². The van der Waals surface area contributed by atoms with Crippen LogP contribution in [0, 0.1) is 5.92 Å². The van der Waals surface area contributed by atoms with Crippen LogP contribution in [0.4, 0.5) is 0 Å². The molecular formula is C19H23NO3. The molecule has 0 spiro atoms. The highest BCUT2D eigenvalue weighted by atomic mass is 16.4. The van der Waals surface area contributed by atoms with Gasteiger partial charge in [0.1, 0.15) is 0 Å². The van der Waals surface area contributed by atoms with Crippen molar-refractivity contribution in [3.63, 3.8) is 0 Å². The average Bonchev–Trinajstić information content (AvgIpc) is 2.53. The van der Waals surface area contributed by atoms with Crippen molar-refractivity contribution in [3.8, 4) is 0 Å². The number of aliphatic carboxylic acids is 1. The Morgan fingerprint density at radius 3 is 2.52 bits per heavy atom. The molecule has 122 valence electrons. The summed E-state index contributed by atoms with van der Waals surface area (Å²) in [6.45, 7) is 3.91. The fraction of sp³-hybridized carbons (Fsp3) is 0.368. The van der Waals surface area contributed by atoms with Crippen molar-refractivity contribution in [2.45, 2.75) is 39.2 Å². The second kappa shape index (κ2) is 7.77. The highest BCUT2D eigenvalue weighted by molar-refractivity contribution is 5.88. The molecule has 4 heteroatoms. The first kappa shape index (κ1) is 17.0. The summed E-state index contributed by atoms with van der Waals surface area (Å²) < 4.78 is 0. The lowest BCUT2D eigenvalue weighted by Crippen LogP contribution is -2.34. The van der Waals surface area contributed by atoms with Crippen LogP contribution in [0.3, 0.4) is 0 Å². The molecule has 2 aromatic carbocycles. The number of amides is 1. The Kier molecular flexibility index (Phi) is 5.74. The minimum absolute atomic E-state index is 0.0916. The van der Waals surface area contributed by atoms with Gasteiger partial charge < -0.3 is 10.4 Å². The van der Waals surface area contributed by atoms with Crippen molar-refractivity contribution in [2.75, 3.05) is 0 Å². The molecule has 0 saturated carbocycles. The summed E-state index contributed by atoms with van der Waals surface area (Å²) in [5, 5.41) is 14.2. The first-order valence-electron chi connectivity index (χ1n) is 8.02. The molecule has 1 unspecified atom stereocenters. The lowest BCUT2D eigenvalue weighted by molar-refractivity contribution is -0.137. The summed E-state index contributed by atoms with van der Waals surface area (Å²) in [6.07, 6.45) is 1.59. The largest absolute Gasteiger partial charge is 0.481 e. The molecule has 0 saturated heterocycles. The van der Waals surface area contributed by atoms with Gasteiger partial charge in [0, 0.05) is 5.92 Å².